The summed E-state index contributed by atoms with van der Waals surface area (Å²) in [5.74, 6) is 0.340. The Bertz CT molecular complexity index is 275. The monoisotopic (exact) mass is 222 g/mol. The van der Waals surface area contributed by atoms with Gasteiger partial charge in [-0.3, -0.25) is 9.69 Å². The Morgan fingerprint density at radius 3 is 3.00 bits per heavy atom. The van der Waals surface area contributed by atoms with Crippen molar-refractivity contribution in [2.45, 2.75) is 38.1 Å². The molecule has 1 fully saturated rings. The van der Waals surface area contributed by atoms with Crippen molar-refractivity contribution in [2.75, 3.05) is 26.7 Å². The van der Waals surface area contributed by atoms with Gasteiger partial charge in [-0.2, -0.15) is 0 Å². The molecular weight excluding hydrogens is 200 g/mol. The van der Waals surface area contributed by atoms with Gasteiger partial charge < -0.3 is 4.90 Å². The molecular formula is C13H22N2O. The number of likely N-dealkylation sites (N-methyl/N-ethyl adjacent to an activating group) is 1. The molecule has 2 aliphatic rings. The molecule has 1 amide bonds. The molecule has 0 aromatic rings. The summed E-state index contributed by atoms with van der Waals surface area (Å²) in [4.78, 5) is 15.8. The normalized spacial score (nSPS) is 25.8. The Morgan fingerprint density at radius 1 is 1.50 bits per heavy atom. The Balaban J connectivity index is 1.74. The molecule has 0 N–H and O–H groups in total. The van der Waals surface area contributed by atoms with E-state index in [-0.39, 0.29) is 0 Å². The number of hydrogen-bond donors (Lipinski definition) is 0. The topological polar surface area (TPSA) is 23.6 Å². The van der Waals surface area contributed by atoms with Crippen LogP contribution in [0.25, 0.3) is 0 Å². The molecule has 1 aliphatic heterocycles. The van der Waals surface area contributed by atoms with Gasteiger partial charge in [-0.15, -0.1) is 0 Å². The Morgan fingerprint density at radius 2 is 2.38 bits per heavy atom. The number of allylic oxidation sites excluding steroid dienone is 1. The van der Waals surface area contributed by atoms with Gasteiger partial charge in [0.1, 0.15) is 0 Å². The highest BCUT2D eigenvalue weighted by atomic mass is 16.2. The number of rotatable bonds is 4. The minimum Gasteiger partial charge on any atom is -0.341 e. The van der Waals surface area contributed by atoms with Crippen LogP contribution >= 0.6 is 0 Å². The van der Waals surface area contributed by atoms with Crippen molar-refractivity contribution in [2.24, 2.45) is 0 Å². The molecule has 2 rings (SSSR count). The number of likely N-dealkylation sites (tertiary alicyclic amines) is 1. The third-order valence-corrected chi connectivity index (χ3v) is 3.69. The fourth-order valence-electron chi connectivity index (χ4n) is 2.55. The van der Waals surface area contributed by atoms with E-state index in [1.54, 1.807) is 0 Å². The quantitative estimate of drug-likeness (QED) is 0.675. The molecule has 0 bridgehead atoms. The lowest BCUT2D eigenvalue weighted by Crippen LogP contribution is -2.38. The average molecular weight is 222 g/mol. The minimum atomic E-state index is 0.340. The van der Waals surface area contributed by atoms with E-state index in [1.807, 2.05) is 4.90 Å². The number of carbonyl (C=O) groups is 1. The van der Waals surface area contributed by atoms with E-state index in [0.29, 0.717) is 11.9 Å². The lowest BCUT2D eigenvalue weighted by Gasteiger charge is -2.29. The molecule has 3 nitrogen and oxygen atoms in total. The Kier molecular flexibility index (Phi) is 3.99. The van der Waals surface area contributed by atoms with Crippen LogP contribution in [0.15, 0.2) is 12.2 Å². The second kappa shape index (κ2) is 5.48. The van der Waals surface area contributed by atoms with E-state index in [2.05, 4.69) is 24.1 Å². The third kappa shape index (κ3) is 2.85. The van der Waals surface area contributed by atoms with Gasteiger partial charge in [0.25, 0.3) is 0 Å². The van der Waals surface area contributed by atoms with Crippen molar-refractivity contribution in [3.63, 3.8) is 0 Å². The van der Waals surface area contributed by atoms with Gasteiger partial charge in [0, 0.05) is 32.1 Å². The Hall–Kier alpha value is -0.830. The zero-order valence-corrected chi connectivity index (χ0v) is 10.2. The number of hydrogen-bond acceptors (Lipinski definition) is 2. The number of amides is 1. The van der Waals surface area contributed by atoms with Crippen molar-refractivity contribution in [3.8, 4) is 0 Å². The second-order valence-electron chi connectivity index (χ2n) is 4.89. The molecule has 1 heterocycles. The average Bonchev–Trinajstić information content (AvgIpc) is 2.73. The maximum Gasteiger partial charge on any atom is 0.222 e. The van der Waals surface area contributed by atoms with Crippen LogP contribution in [0.1, 0.15) is 32.1 Å². The van der Waals surface area contributed by atoms with Gasteiger partial charge in [-0.05, 0) is 32.7 Å². The molecule has 1 aliphatic carbocycles. The minimum absolute atomic E-state index is 0.340. The van der Waals surface area contributed by atoms with Crippen molar-refractivity contribution in [3.05, 3.63) is 12.2 Å². The first-order chi connectivity index (χ1) is 7.77. The van der Waals surface area contributed by atoms with Gasteiger partial charge in [-0.1, -0.05) is 12.2 Å². The van der Waals surface area contributed by atoms with Crippen LogP contribution in [-0.2, 0) is 4.79 Å². The maximum absolute atomic E-state index is 11.5. The molecule has 1 atom stereocenters. The first kappa shape index (κ1) is 11.6. The molecule has 3 heteroatoms. The molecule has 1 saturated heterocycles. The van der Waals surface area contributed by atoms with Crippen molar-refractivity contribution < 1.29 is 4.79 Å². The van der Waals surface area contributed by atoms with Crippen LogP contribution in [0.4, 0.5) is 0 Å². The summed E-state index contributed by atoms with van der Waals surface area (Å²) in [6.07, 6.45) is 10.2. The van der Waals surface area contributed by atoms with E-state index in [1.165, 1.54) is 19.3 Å². The fraction of sp³-hybridized carbons (Fsp3) is 0.769. The van der Waals surface area contributed by atoms with Crippen LogP contribution in [-0.4, -0.2) is 48.4 Å². The number of carbonyl (C=O) groups excluding carboxylic acids is 1. The molecule has 90 valence electrons. The highest BCUT2D eigenvalue weighted by Gasteiger charge is 2.21. The molecule has 0 saturated carbocycles. The zero-order valence-electron chi connectivity index (χ0n) is 10.2. The number of nitrogens with zero attached hydrogens (tertiary/aromatic N) is 2. The van der Waals surface area contributed by atoms with E-state index in [9.17, 15) is 4.79 Å². The lowest BCUT2D eigenvalue weighted by molar-refractivity contribution is -0.127. The van der Waals surface area contributed by atoms with Crippen LogP contribution in [0.2, 0.25) is 0 Å². The summed E-state index contributed by atoms with van der Waals surface area (Å²) in [5.41, 5.74) is 0. The predicted octanol–water partition coefficient (Wildman–Crippen LogP) is 1.65. The van der Waals surface area contributed by atoms with Crippen LogP contribution in [0.5, 0.6) is 0 Å². The standard InChI is InChI=1S/C13H22N2O/c1-14(12-6-3-2-4-7-12)10-11-15-9-5-8-13(15)16/h3,6,12H,2,4-5,7-11H2,1H3/t12-/m0/s1. The summed E-state index contributed by atoms with van der Waals surface area (Å²) < 4.78 is 0. The summed E-state index contributed by atoms with van der Waals surface area (Å²) in [7, 11) is 2.17. The van der Waals surface area contributed by atoms with Gasteiger partial charge >= 0.3 is 0 Å². The summed E-state index contributed by atoms with van der Waals surface area (Å²) in [6, 6.07) is 0.589. The SMILES string of the molecule is CN(CCN1CCCC1=O)[C@H]1C=CCCC1. The second-order valence-corrected chi connectivity index (χ2v) is 4.89. The molecule has 0 radical (unpaired) electrons. The highest BCUT2D eigenvalue weighted by molar-refractivity contribution is 5.78. The van der Waals surface area contributed by atoms with Gasteiger partial charge in [0.05, 0.1) is 0 Å². The first-order valence-corrected chi connectivity index (χ1v) is 6.42. The third-order valence-electron chi connectivity index (χ3n) is 3.69. The summed E-state index contributed by atoms with van der Waals surface area (Å²) in [5, 5.41) is 0. The predicted molar refractivity (Wildman–Crippen MR) is 65.2 cm³/mol. The van der Waals surface area contributed by atoms with Crippen LogP contribution in [0, 0.1) is 0 Å². The van der Waals surface area contributed by atoms with Crippen LogP contribution in [0.3, 0.4) is 0 Å². The van der Waals surface area contributed by atoms with Gasteiger partial charge in [0.15, 0.2) is 0 Å². The first-order valence-electron chi connectivity index (χ1n) is 6.42. The zero-order chi connectivity index (χ0) is 11.4. The van der Waals surface area contributed by atoms with Crippen LogP contribution < -0.4 is 0 Å². The smallest absolute Gasteiger partial charge is 0.222 e. The molecule has 16 heavy (non-hydrogen) atoms. The molecule has 0 aromatic carbocycles. The molecule has 0 unspecified atom stereocenters. The van der Waals surface area contributed by atoms with Gasteiger partial charge in [-0.25, -0.2) is 0 Å². The van der Waals surface area contributed by atoms with E-state index < -0.39 is 0 Å². The highest BCUT2D eigenvalue weighted by Crippen LogP contribution is 2.15. The fourth-order valence-corrected chi connectivity index (χ4v) is 2.55. The largest absolute Gasteiger partial charge is 0.341 e. The van der Waals surface area contributed by atoms with E-state index in [4.69, 9.17) is 0 Å². The maximum atomic E-state index is 11.5. The van der Waals surface area contributed by atoms with Crippen molar-refractivity contribution in [1.82, 2.24) is 9.80 Å². The van der Waals surface area contributed by atoms with E-state index >= 15 is 0 Å². The summed E-state index contributed by atoms with van der Waals surface area (Å²) >= 11 is 0. The Labute approximate surface area is 98.1 Å². The molecule has 0 aromatic heterocycles. The van der Waals surface area contributed by atoms with Gasteiger partial charge in [0.2, 0.25) is 5.91 Å². The lowest BCUT2D eigenvalue weighted by atomic mass is 10.0. The molecule has 0 spiro atoms. The van der Waals surface area contributed by atoms with Crippen molar-refractivity contribution in [1.29, 1.82) is 0 Å². The van der Waals surface area contributed by atoms with E-state index in [0.717, 1.165) is 32.5 Å². The summed E-state index contributed by atoms with van der Waals surface area (Å²) in [6.45, 7) is 2.87. The van der Waals surface area contributed by atoms with Crippen molar-refractivity contribution >= 4 is 5.91 Å².